The second-order valence-corrected chi connectivity index (χ2v) is 5.40. The normalized spacial score (nSPS) is 13.9. The van der Waals surface area contributed by atoms with E-state index in [9.17, 15) is 0 Å². The van der Waals surface area contributed by atoms with Crippen molar-refractivity contribution in [2.75, 3.05) is 5.01 Å². The van der Waals surface area contributed by atoms with E-state index in [4.69, 9.17) is 0 Å². The summed E-state index contributed by atoms with van der Waals surface area (Å²) in [5.74, 6) is 0. The zero-order valence-electron chi connectivity index (χ0n) is 11.7. The third-order valence-electron chi connectivity index (χ3n) is 4.11. The summed E-state index contributed by atoms with van der Waals surface area (Å²) >= 11 is 0. The van der Waals surface area contributed by atoms with Crippen LogP contribution >= 0.6 is 0 Å². The SMILES string of the molecule is c1ccc(N2NCc3nnc4[nH]c5ccccc5c4c32)cc1. The van der Waals surface area contributed by atoms with Crippen molar-refractivity contribution in [2.45, 2.75) is 6.54 Å². The molecule has 5 rings (SSSR count). The molecule has 0 atom stereocenters. The number of rotatable bonds is 1. The molecule has 0 spiro atoms. The number of benzene rings is 2. The third-order valence-corrected chi connectivity index (χ3v) is 4.11. The number of nitrogens with one attached hydrogen (secondary N) is 2. The van der Waals surface area contributed by atoms with Crippen LogP contribution in [0, 0.1) is 0 Å². The number of hydrogen-bond acceptors (Lipinski definition) is 4. The Morgan fingerprint density at radius 2 is 1.73 bits per heavy atom. The number of hydrogen-bond donors (Lipinski definition) is 2. The van der Waals surface area contributed by atoms with Gasteiger partial charge in [0.1, 0.15) is 5.69 Å². The highest BCUT2D eigenvalue weighted by molar-refractivity contribution is 6.13. The van der Waals surface area contributed by atoms with E-state index in [0.717, 1.165) is 33.6 Å². The molecule has 1 aliphatic heterocycles. The Kier molecular flexibility index (Phi) is 2.28. The summed E-state index contributed by atoms with van der Waals surface area (Å²) in [4.78, 5) is 3.35. The number of hydrazine groups is 1. The molecule has 0 bridgehead atoms. The second kappa shape index (κ2) is 4.29. The van der Waals surface area contributed by atoms with Gasteiger partial charge in [-0.1, -0.05) is 36.4 Å². The van der Waals surface area contributed by atoms with E-state index in [1.807, 2.05) is 24.3 Å². The van der Waals surface area contributed by atoms with Gasteiger partial charge in [0, 0.05) is 10.9 Å². The molecule has 0 saturated heterocycles. The molecule has 0 fully saturated rings. The number of H-pyrrole nitrogens is 1. The predicted molar refractivity (Wildman–Crippen MR) is 86.8 cm³/mol. The standard InChI is InChI=1S/C17H13N5/c1-2-6-11(7-3-1)22-16-14(10-18-22)20-21-17-15(16)12-8-4-5-9-13(12)19-17/h1-9,18H,10H2,(H,19,21). The van der Waals surface area contributed by atoms with E-state index in [1.165, 1.54) is 5.39 Å². The number of fused-ring (bicyclic) bond motifs is 5. The lowest BCUT2D eigenvalue weighted by molar-refractivity contribution is 0.751. The molecule has 5 heteroatoms. The number of para-hydroxylation sites is 2. The van der Waals surface area contributed by atoms with Gasteiger partial charge in [0.05, 0.1) is 23.3 Å². The maximum Gasteiger partial charge on any atom is 0.163 e. The Morgan fingerprint density at radius 3 is 2.64 bits per heavy atom. The van der Waals surface area contributed by atoms with Crippen molar-refractivity contribution in [2.24, 2.45) is 0 Å². The van der Waals surface area contributed by atoms with Crippen LogP contribution in [0.3, 0.4) is 0 Å². The van der Waals surface area contributed by atoms with Gasteiger partial charge in [-0.05, 0) is 18.2 Å². The first kappa shape index (κ1) is 11.7. The van der Waals surface area contributed by atoms with Gasteiger partial charge in [-0.15, -0.1) is 10.2 Å². The molecule has 1 aliphatic rings. The zero-order valence-corrected chi connectivity index (χ0v) is 11.7. The van der Waals surface area contributed by atoms with Crippen LogP contribution in [-0.2, 0) is 6.54 Å². The van der Waals surface area contributed by atoms with Gasteiger partial charge in [0.2, 0.25) is 0 Å². The van der Waals surface area contributed by atoms with Crippen LogP contribution in [0.15, 0.2) is 54.6 Å². The van der Waals surface area contributed by atoms with Crippen molar-refractivity contribution in [1.82, 2.24) is 20.6 Å². The average Bonchev–Trinajstić information content (AvgIpc) is 3.16. The van der Waals surface area contributed by atoms with E-state index < -0.39 is 0 Å². The summed E-state index contributed by atoms with van der Waals surface area (Å²) in [6.45, 7) is 0.687. The number of nitrogens with zero attached hydrogens (tertiary/aromatic N) is 3. The molecule has 106 valence electrons. The van der Waals surface area contributed by atoms with Crippen molar-refractivity contribution in [3.8, 4) is 0 Å². The lowest BCUT2D eigenvalue weighted by Gasteiger charge is -2.19. The molecule has 0 aliphatic carbocycles. The molecule has 22 heavy (non-hydrogen) atoms. The number of aromatic nitrogens is 3. The fourth-order valence-electron chi connectivity index (χ4n) is 3.13. The van der Waals surface area contributed by atoms with Gasteiger partial charge in [0.25, 0.3) is 0 Å². The van der Waals surface area contributed by atoms with Crippen LogP contribution in [0.5, 0.6) is 0 Å². The quantitative estimate of drug-likeness (QED) is 0.564. The van der Waals surface area contributed by atoms with E-state index in [2.05, 4.69) is 55.9 Å². The Balaban J connectivity index is 1.86. The van der Waals surface area contributed by atoms with E-state index in [-0.39, 0.29) is 0 Å². The van der Waals surface area contributed by atoms with Crippen molar-refractivity contribution >= 4 is 33.3 Å². The monoisotopic (exact) mass is 287 g/mol. The molecule has 3 heterocycles. The summed E-state index contributed by atoms with van der Waals surface area (Å²) in [6, 6.07) is 18.5. The van der Waals surface area contributed by atoms with E-state index in [0.29, 0.717) is 6.54 Å². The van der Waals surface area contributed by atoms with Crippen LogP contribution in [0.4, 0.5) is 11.4 Å². The highest BCUT2D eigenvalue weighted by Crippen LogP contribution is 2.39. The van der Waals surface area contributed by atoms with Crippen molar-refractivity contribution < 1.29 is 0 Å². The fourth-order valence-corrected chi connectivity index (χ4v) is 3.13. The highest BCUT2D eigenvalue weighted by atomic mass is 15.5. The summed E-state index contributed by atoms with van der Waals surface area (Å²) in [5.41, 5.74) is 8.47. The van der Waals surface area contributed by atoms with Crippen LogP contribution in [-0.4, -0.2) is 15.2 Å². The molecule has 2 aromatic carbocycles. The van der Waals surface area contributed by atoms with Gasteiger partial charge in [0.15, 0.2) is 5.65 Å². The predicted octanol–water partition coefficient (Wildman–Crippen LogP) is 3.27. The van der Waals surface area contributed by atoms with Gasteiger partial charge in [-0.25, -0.2) is 5.43 Å². The summed E-state index contributed by atoms with van der Waals surface area (Å²) in [5, 5.41) is 13.1. The van der Waals surface area contributed by atoms with Crippen LogP contribution in [0.2, 0.25) is 0 Å². The van der Waals surface area contributed by atoms with Crippen LogP contribution in [0.1, 0.15) is 5.69 Å². The molecule has 0 unspecified atom stereocenters. The van der Waals surface area contributed by atoms with Crippen molar-refractivity contribution in [3.63, 3.8) is 0 Å². The number of anilines is 2. The lowest BCUT2D eigenvalue weighted by atomic mass is 10.1. The largest absolute Gasteiger partial charge is 0.338 e. The summed E-state index contributed by atoms with van der Waals surface area (Å²) < 4.78 is 0. The van der Waals surface area contributed by atoms with Gasteiger partial charge in [-0.3, -0.25) is 5.01 Å². The minimum Gasteiger partial charge on any atom is -0.338 e. The smallest absolute Gasteiger partial charge is 0.163 e. The Bertz CT molecular complexity index is 990. The van der Waals surface area contributed by atoms with E-state index >= 15 is 0 Å². The first-order valence-electron chi connectivity index (χ1n) is 7.26. The Labute approximate surface area is 126 Å². The maximum absolute atomic E-state index is 4.37. The molecule has 0 radical (unpaired) electrons. The van der Waals surface area contributed by atoms with Crippen molar-refractivity contribution in [1.29, 1.82) is 0 Å². The lowest BCUT2D eigenvalue weighted by Crippen LogP contribution is -2.26. The second-order valence-electron chi connectivity index (χ2n) is 5.40. The van der Waals surface area contributed by atoms with Gasteiger partial charge in [-0.2, -0.15) is 0 Å². The molecular weight excluding hydrogens is 274 g/mol. The topological polar surface area (TPSA) is 56.8 Å². The molecule has 0 amide bonds. The van der Waals surface area contributed by atoms with Gasteiger partial charge < -0.3 is 4.98 Å². The van der Waals surface area contributed by atoms with Crippen LogP contribution < -0.4 is 10.4 Å². The highest BCUT2D eigenvalue weighted by Gasteiger charge is 2.26. The summed E-state index contributed by atoms with van der Waals surface area (Å²) in [6.07, 6.45) is 0. The minimum atomic E-state index is 0.687. The fraction of sp³-hybridized carbons (Fsp3) is 0.0588. The summed E-state index contributed by atoms with van der Waals surface area (Å²) in [7, 11) is 0. The molecule has 2 N–H and O–H groups in total. The maximum atomic E-state index is 4.37. The Morgan fingerprint density at radius 1 is 0.909 bits per heavy atom. The Hall–Kier alpha value is -2.92. The number of aromatic amines is 1. The molecule has 0 saturated carbocycles. The third kappa shape index (κ3) is 1.51. The van der Waals surface area contributed by atoms with Gasteiger partial charge >= 0.3 is 0 Å². The molecule has 2 aromatic heterocycles. The average molecular weight is 287 g/mol. The van der Waals surface area contributed by atoms with Crippen molar-refractivity contribution in [3.05, 3.63) is 60.3 Å². The molecule has 4 aromatic rings. The first-order chi connectivity index (χ1) is 10.9. The zero-order chi connectivity index (χ0) is 14.5. The first-order valence-corrected chi connectivity index (χ1v) is 7.26. The molecule has 5 nitrogen and oxygen atoms in total. The van der Waals surface area contributed by atoms with E-state index in [1.54, 1.807) is 0 Å². The minimum absolute atomic E-state index is 0.687. The molecular formula is C17H13N5. The van der Waals surface area contributed by atoms with Crippen LogP contribution in [0.25, 0.3) is 21.9 Å².